The quantitative estimate of drug-likeness (QED) is 0.545. The predicted molar refractivity (Wildman–Crippen MR) is 105 cm³/mol. The van der Waals surface area contributed by atoms with E-state index in [-0.39, 0.29) is 43.8 Å². The van der Waals surface area contributed by atoms with Gasteiger partial charge in [-0.15, -0.1) is 0 Å². The van der Waals surface area contributed by atoms with Gasteiger partial charge in [-0.05, 0) is 77.1 Å². The number of amides is 1. The summed E-state index contributed by atoms with van der Waals surface area (Å²) in [6.07, 6.45) is 6.83. The molecule has 0 unspecified atom stereocenters. The number of aryl methyl sites for hydroxylation is 2. The summed E-state index contributed by atoms with van der Waals surface area (Å²) in [7, 11) is -1.25. The topological polar surface area (TPSA) is 29.1 Å². The van der Waals surface area contributed by atoms with Gasteiger partial charge in [0.1, 0.15) is 0 Å². The van der Waals surface area contributed by atoms with E-state index in [2.05, 4.69) is 26.1 Å². The Morgan fingerprint density at radius 3 is 1.92 bits per heavy atom. The van der Waals surface area contributed by atoms with E-state index in [0.717, 1.165) is 34.7 Å². The second-order valence-corrected chi connectivity index (χ2v) is 12.3. The summed E-state index contributed by atoms with van der Waals surface area (Å²) in [6, 6.07) is 3.86. The van der Waals surface area contributed by atoms with Gasteiger partial charge >= 0.3 is 0 Å². The fraction of sp³-hybridized carbons (Fsp3) is 0.632. The van der Waals surface area contributed by atoms with Crippen LogP contribution in [-0.2, 0) is 37.5 Å². The Morgan fingerprint density at radius 1 is 1.12 bits per heavy atom. The molecule has 1 fully saturated rings. The molecule has 0 saturated heterocycles. The standard InChI is InChI=1S/C19H29ClNOP.Y/c1-6-23(7-2,8-3)19(10-9-11-19)18(22)21-17-14(4)12-16(20)13-15(17)5;/h12-13H,6-11H2,1-5H3;/p+1. The maximum Gasteiger partial charge on any atom is 0.268 e. The molecule has 2 rings (SSSR count). The van der Waals surface area contributed by atoms with Gasteiger partial charge in [-0.1, -0.05) is 11.6 Å². The molecule has 1 radical (unpaired) electrons. The molecule has 0 spiro atoms. The number of nitrogens with one attached hydrogen (secondary N) is 1. The molecule has 131 valence electrons. The molecule has 0 atom stereocenters. The van der Waals surface area contributed by atoms with Crippen LogP contribution in [-0.4, -0.2) is 29.5 Å². The number of hydrogen-bond donors (Lipinski definition) is 1. The van der Waals surface area contributed by atoms with Crippen LogP contribution in [0.3, 0.4) is 0 Å². The Hall–Kier alpha value is 0.514. The van der Waals surface area contributed by atoms with Crippen molar-refractivity contribution in [2.75, 3.05) is 23.8 Å². The van der Waals surface area contributed by atoms with E-state index in [4.69, 9.17) is 11.6 Å². The first-order valence-corrected chi connectivity index (χ1v) is 11.5. The number of halogens is 1. The number of carbonyl (C=O) groups is 1. The second kappa shape index (κ2) is 8.94. The van der Waals surface area contributed by atoms with Crippen molar-refractivity contribution in [3.63, 3.8) is 0 Å². The molecule has 1 amide bonds. The van der Waals surface area contributed by atoms with Gasteiger partial charge in [0.05, 0.1) is 18.5 Å². The minimum Gasteiger partial charge on any atom is -0.322 e. The van der Waals surface area contributed by atoms with Crippen molar-refractivity contribution < 1.29 is 37.5 Å². The van der Waals surface area contributed by atoms with E-state index in [1.54, 1.807) is 0 Å². The molecule has 1 aromatic carbocycles. The minimum atomic E-state index is -1.25. The van der Waals surface area contributed by atoms with Gasteiger partial charge in [0.2, 0.25) is 0 Å². The van der Waals surface area contributed by atoms with Crippen LogP contribution < -0.4 is 5.32 Å². The third-order valence-corrected chi connectivity index (χ3v) is 12.4. The van der Waals surface area contributed by atoms with Crippen LogP contribution in [0.25, 0.3) is 0 Å². The Balaban J connectivity index is 0.00000288. The molecule has 0 heterocycles. The van der Waals surface area contributed by atoms with Crippen LogP contribution in [0.2, 0.25) is 5.02 Å². The van der Waals surface area contributed by atoms with Crippen molar-refractivity contribution in [2.45, 2.75) is 59.0 Å². The first kappa shape index (κ1) is 22.6. The summed E-state index contributed by atoms with van der Waals surface area (Å²) in [5.74, 6) is 0.260. The summed E-state index contributed by atoms with van der Waals surface area (Å²) in [6.45, 7) is 10.9. The zero-order valence-electron chi connectivity index (χ0n) is 15.7. The number of anilines is 1. The van der Waals surface area contributed by atoms with E-state index < -0.39 is 7.26 Å². The van der Waals surface area contributed by atoms with Crippen LogP contribution in [0.5, 0.6) is 0 Å². The molecule has 24 heavy (non-hydrogen) atoms. The Bertz CT molecular complexity index is 566. The Morgan fingerprint density at radius 2 is 1.58 bits per heavy atom. The van der Waals surface area contributed by atoms with E-state index >= 15 is 0 Å². The SMILES string of the molecule is CC[P+](CC)(CC)C1(C(=O)Nc2c(C)cc(Cl)cc2C)CCC1.[Y]. The molecule has 2 nitrogen and oxygen atoms in total. The zero-order chi connectivity index (χ0) is 17.3. The number of benzene rings is 1. The molecule has 1 aliphatic carbocycles. The maximum absolute atomic E-state index is 13.3. The summed E-state index contributed by atoms with van der Waals surface area (Å²) >= 11 is 6.12. The van der Waals surface area contributed by atoms with Crippen LogP contribution in [0, 0.1) is 13.8 Å². The maximum atomic E-state index is 13.3. The molecule has 0 aliphatic heterocycles. The van der Waals surface area contributed by atoms with Gasteiger partial charge in [0.15, 0.2) is 5.16 Å². The van der Waals surface area contributed by atoms with Gasteiger partial charge < -0.3 is 5.32 Å². The first-order valence-electron chi connectivity index (χ1n) is 8.80. The summed E-state index contributed by atoms with van der Waals surface area (Å²) in [5.41, 5.74) is 3.05. The number of hydrogen-bond acceptors (Lipinski definition) is 1. The number of carbonyl (C=O) groups excluding carboxylic acids is 1. The van der Waals surface area contributed by atoms with E-state index in [0.29, 0.717) is 0 Å². The molecule has 5 heteroatoms. The molecular formula is C19H30ClNOPY+. The predicted octanol–water partition coefficient (Wildman–Crippen LogP) is 5.89. The normalized spacial score (nSPS) is 16.1. The first-order chi connectivity index (χ1) is 10.9. The van der Waals surface area contributed by atoms with Crippen LogP contribution in [0.15, 0.2) is 12.1 Å². The molecule has 0 aromatic heterocycles. The van der Waals surface area contributed by atoms with Gasteiger partial charge in [-0.3, -0.25) is 4.79 Å². The zero-order valence-corrected chi connectivity index (χ0v) is 20.2. The van der Waals surface area contributed by atoms with Gasteiger partial charge in [-0.2, -0.15) is 0 Å². The second-order valence-electron chi connectivity index (χ2n) is 6.85. The molecule has 1 N–H and O–H groups in total. The smallest absolute Gasteiger partial charge is 0.268 e. The minimum absolute atomic E-state index is 0. The fourth-order valence-corrected chi connectivity index (χ4v) is 9.58. The van der Waals surface area contributed by atoms with Crippen molar-refractivity contribution in [3.05, 3.63) is 28.3 Å². The average molecular weight is 444 g/mol. The van der Waals surface area contributed by atoms with Gasteiger partial charge in [0.25, 0.3) is 5.91 Å². The molecule has 1 aromatic rings. The van der Waals surface area contributed by atoms with E-state index in [9.17, 15) is 4.79 Å². The Labute approximate surface area is 178 Å². The largest absolute Gasteiger partial charge is 0.322 e. The third-order valence-electron chi connectivity index (χ3n) is 6.06. The van der Waals surface area contributed by atoms with Crippen LogP contribution in [0.1, 0.15) is 51.2 Å². The summed E-state index contributed by atoms with van der Waals surface area (Å²) in [5, 5.41) is 3.92. The van der Waals surface area contributed by atoms with E-state index in [1.807, 2.05) is 26.0 Å². The molecular weight excluding hydrogens is 414 g/mol. The van der Waals surface area contributed by atoms with Gasteiger partial charge in [-0.25, -0.2) is 0 Å². The van der Waals surface area contributed by atoms with Crippen molar-refractivity contribution in [3.8, 4) is 0 Å². The third kappa shape index (κ3) is 3.78. The van der Waals surface area contributed by atoms with Crippen LogP contribution in [0.4, 0.5) is 5.69 Å². The average Bonchev–Trinajstić information content (AvgIpc) is 2.46. The monoisotopic (exact) mass is 443 g/mol. The Kier molecular flexibility index (Phi) is 8.40. The fourth-order valence-electron chi connectivity index (χ4n) is 4.35. The van der Waals surface area contributed by atoms with Crippen molar-refractivity contribution >= 4 is 30.5 Å². The van der Waals surface area contributed by atoms with Crippen LogP contribution >= 0.6 is 18.9 Å². The van der Waals surface area contributed by atoms with Crippen molar-refractivity contribution in [1.29, 1.82) is 0 Å². The van der Waals surface area contributed by atoms with Gasteiger partial charge in [0, 0.05) is 50.7 Å². The molecule has 0 bridgehead atoms. The van der Waals surface area contributed by atoms with E-state index in [1.165, 1.54) is 24.9 Å². The summed E-state index contributed by atoms with van der Waals surface area (Å²) in [4.78, 5) is 13.3. The van der Waals surface area contributed by atoms with Crippen molar-refractivity contribution in [1.82, 2.24) is 0 Å². The number of rotatable bonds is 6. The molecule has 1 saturated carbocycles. The molecule has 1 aliphatic rings. The summed E-state index contributed by atoms with van der Waals surface area (Å²) < 4.78 is 0. The van der Waals surface area contributed by atoms with Crippen molar-refractivity contribution in [2.24, 2.45) is 0 Å².